The molecule has 0 spiro atoms. The van der Waals surface area contributed by atoms with Gasteiger partial charge in [0.1, 0.15) is 0 Å². The van der Waals surface area contributed by atoms with Crippen molar-refractivity contribution in [3.8, 4) is 0 Å². The number of ether oxygens (including phenoxy) is 1. The highest BCUT2D eigenvalue weighted by atomic mass is 32.2. The Balaban J connectivity index is 2.73. The number of methoxy groups -OCH3 is 1. The summed E-state index contributed by atoms with van der Waals surface area (Å²) in [5.41, 5.74) is 0.112. The Morgan fingerprint density at radius 1 is 1.62 bits per heavy atom. The minimum absolute atomic E-state index is 0.112. The maximum Gasteiger partial charge on any atom is 0.270 e. The van der Waals surface area contributed by atoms with Gasteiger partial charge < -0.3 is 4.74 Å². The van der Waals surface area contributed by atoms with E-state index in [1.807, 2.05) is 6.07 Å². The van der Waals surface area contributed by atoms with Gasteiger partial charge in [0.05, 0.1) is 10.9 Å². The predicted molar refractivity (Wildman–Crippen MR) is 50.8 cm³/mol. The minimum Gasteiger partial charge on any atom is -0.374 e. The number of nitrogens with zero attached hydrogens (tertiary/aromatic N) is 1. The number of nitro benzene ring substituents is 1. The summed E-state index contributed by atoms with van der Waals surface area (Å²) in [5, 5.41) is 10.4. The summed E-state index contributed by atoms with van der Waals surface area (Å²) in [6, 6.07) is 6.48. The Kier molecular flexibility index (Phi) is 3.72. The molecule has 70 valence electrons. The molecule has 0 aliphatic rings. The van der Waals surface area contributed by atoms with Crippen molar-refractivity contribution >= 4 is 17.4 Å². The zero-order valence-corrected chi connectivity index (χ0v) is 7.91. The van der Waals surface area contributed by atoms with Crippen molar-refractivity contribution < 1.29 is 9.66 Å². The third-order valence-electron chi connectivity index (χ3n) is 1.37. The molecule has 0 atom stereocenters. The molecule has 0 radical (unpaired) electrons. The second-order valence-electron chi connectivity index (χ2n) is 2.31. The first kappa shape index (κ1) is 10.0. The molecule has 13 heavy (non-hydrogen) atoms. The number of benzene rings is 1. The molecule has 0 fully saturated rings. The molecular formula is C8H9NO3S. The topological polar surface area (TPSA) is 52.4 Å². The van der Waals surface area contributed by atoms with E-state index in [1.165, 1.54) is 23.9 Å². The van der Waals surface area contributed by atoms with Crippen LogP contribution in [0.3, 0.4) is 0 Å². The van der Waals surface area contributed by atoms with Crippen molar-refractivity contribution in [2.24, 2.45) is 0 Å². The van der Waals surface area contributed by atoms with Crippen LogP contribution in [0.25, 0.3) is 0 Å². The number of thioether (sulfide) groups is 1. The summed E-state index contributed by atoms with van der Waals surface area (Å²) in [6.07, 6.45) is 0. The highest BCUT2D eigenvalue weighted by Gasteiger charge is 2.04. The molecular weight excluding hydrogens is 190 g/mol. The maximum absolute atomic E-state index is 10.4. The van der Waals surface area contributed by atoms with Crippen molar-refractivity contribution in [2.45, 2.75) is 4.90 Å². The Morgan fingerprint density at radius 3 is 3.00 bits per heavy atom. The third kappa shape index (κ3) is 3.04. The van der Waals surface area contributed by atoms with E-state index in [9.17, 15) is 10.1 Å². The molecule has 0 saturated heterocycles. The molecule has 1 aromatic rings. The van der Waals surface area contributed by atoms with Gasteiger partial charge in [-0.25, -0.2) is 0 Å². The average molecular weight is 199 g/mol. The van der Waals surface area contributed by atoms with Crippen molar-refractivity contribution in [3.05, 3.63) is 34.4 Å². The van der Waals surface area contributed by atoms with Crippen LogP contribution in [-0.2, 0) is 4.74 Å². The number of rotatable bonds is 4. The van der Waals surface area contributed by atoms with E-state index in [4.69, 9.17) is 4.74 Å². The lowest BCUT2D eigenvalue weighted by atomic mass is 10.3. The van der Waals surface area contributed by atoms with Gasteiger partial charge in [-0.05, 0) is 6.07 Å². The summed E-state index contributed by atoms with van der Waals surface area (Å²) in [5.74, 6) is 0.501. The fourth-order valence-electron chi connectivity index (χ4n) is 0.814. The van der Waals surface area contributed by atoms with Gasteiger partial charge in [-0.2, -0.15) is 0 Å². The summed E-state index contributed by atoms with van der Waals surface area (Å²) in [6.45, 7) is 0. The Hall–Kier alpha value is -1.07. The fourth-order valence-corrected chi connectivity index (χ4v) is 1.45. The molecule has 5 heteroatoms. The SMILES string of the molecule is COCSc1cccc([N+](=O)[O-])c1. The molecule has 1 aromatic carbocycles. The van der Waals surface area contributed by atoms with Gasteiger partial charge in [0, 0.05) is 24.1 Å². The lowest BCUT2D eigenvalue weighted by Crippen LogP contribution is -1.88. The van der Waals surface area contributed by atoms with Gasteiger partial charge >= 0.3 is 0 Å². The van der Waals surface area contributed by atoms with Gasteiger partial charge in [0.15, 0.2) is 0 Å². The molecule has 0 aliphatic heterocycles. The lowest BCUT2D eigenvalue weighted by molar-refractivity contribution is -0.385. The fraction of sp³-hybridized carbons (Fsp3) is 0.250. The van der Waals surface area contributed by atoms with Crippen molar-refractivity contribution in [1.82, 2.24) is 0 Å². The number of nitro groups is 1. The lowest BCUT2D eigenvalue weighted by Gasteiger charge is -1.98. The molecule has 0 amide bonds. The van der Waals surface area contributed by atoms with Crippen molar-refractivity contribution in [3.63, 3.8) is 0 Å². The molecule has 0 N–H and O–H groups in total. The van der Waals surface area contributed by atoms with Crippen LogP contribution < -0.4 is 0 Å². The highest BCUT2D eigenvalue weighted by molar-refractivity contribution is 7.99. The van der Waals surface area contributed by atoms with E-state index in [0.29, 0.717) is 5.94 Å². The predicted octanol–water partition coefficient (Wildman–Crippen LogP) is 2.29. The Bertz CT molecular complexity index is 303. The van der Waals surface area contributed by atoms with Crippen LogP contribution in [-0.4, -0.2) is 18.0 Å². The molecule has 0 bridgehead atoms. The van der Waals surface area contributed by atoms with E-state index in [2.05, 4.69) is 0 Å². The molecule has 0 aliphatic carbocycles. The zero-order chi connectivity index (χ0) is 9.68. The number of hydrogen-bond acceptors (Lipinski definition) is 4. The molecule has 4 nitrogen and oxygen atoms in total. The average Bonchev–Trinajstić information content (AvgIpc) is 2.15. The van der Waals surface area contributed by atoms with Crippen molar-refractivity contribution in [2.75, 3.05) is 13.0 Å². The van der Waals surface area contributed by atoms with Crippen LogP contribution in [0.4, 0.5) is 5.69 Å². The Morgan fingerprint density at radius 2 is 2.38 bits per heavy atom. The van der Waals surface area contributed by atoms with Gasteiger partial charge in [-0.1, -0.05) is 17.8 Å². The Labute approximate surface area is 80.1 Å². The molecule has 1 rings (SSSR count). The standard InChI is InChI=1S/C8H9NO3S/c1-12-6-13-8-4-2-3-7(5-8)9(10)11/h2-5H,6H2,1H3. The first-order valence-corrected chi connectivity index (χ1v) is 4.59. The van der Waals surface area contributed by atoms with E-state index < -0.39 is 4.92 Å². The number of hydrogen-bond donors (Lipinski definition) is 0. The second-order valence-corrected chi connectivity index (χ2v) is 3.30. The van der Waals surface area contributed by atoms with E-state index in [0.717, 1.165) is 4.90 Å². The maximum atomic E-state index is 10.4. The number of non-ortho nitro benzene ring substituents is 1. The second kappa shape index (κ2) is 4.84. The summed E-state index contributed by atoms with van der Waals surface area (Å²) in [7, 11) is 1.59. The quantitative estimate of drug-likeness (QED) is 0.323. The van der Waals surface area contributed by atoms with Crippen LogP contribution in [0.2, 0.25) is 0 Å². The molecule has 0 aromatic heterocycles. The van der Waals surface area contributed by atoms with Crippen LogP contribution in [0.15, 0.2) is 29.2 Å². The van der Waals surface area contributed by atoms with E-state index >= 15 is 0 Å². The normalized spacial score (nSPS) is 9.92. The largest absolute Gasteiger partial charge is 0.374 e. The first-order valence-electron chi connectivity index (χ1n) is 3.60. The van der Waals surface area contributed by atoms with Gasteiger partial charge in [0.25, 0.3) is 5.69 Å². The summed E-state index contributed by atoms with van der Waals surface area (Å²) < 4.78 is 4.84. The van der Waals surface area contributed by atoms with Crippen LogP contribution in [0.5, 0.6) is 0 Å². The highest BCUT2D eigenvalue weighted by Crippen LogP contribution is 2.22. The van der Waals surface area contributed by atoms with Crippen LogP contribution in [0, 0.1) is 10.1 Å². The third-order valence-corrected chi connectivity index (χ3v) is 2.31. The molecule has 0 unspecified atom stereocenters. The zero-order valence-electron chi connectivity index (χ0n) is 7.10. The van der Waals surface area contributed by atoms with Crippen LogP contribution in [0.1, 0.15) is 0 Å². The van der Waals surface area contributed by atoms with Gasteiger partial charge in [-0.15, -0.1) is 0 Å². The van der Waals surface area contributed by atoms with Crippen LogP contribution >= 0.6 is 11.8 Å². The van der Waals surface area contributed by atoms with E-state index in [1.54, 1.807) is 13.2 Å². The molecule has 0 heterocycles. The van der Waals surface area contributed by atoms with Crippen molar-refractivity contribution in [1.29, 1.82) is 0 Å². The smallest absolute Gasteiger partial charge is 0.270 e. The first-order chi connectivity index (χ1) is 6.24. The minimum atomic E-state index is -0.406. The monoisotopic (exact) mass is 199 g/mol. The van der Waals surface area contributed by atoms with Gasteiger partial charge in [-0.3, -0.25) is 10.1 Å². The summed E-state index contributed by atoms with van der Waals surface area (Å²) in [4.78, 5) is 10.8. The summed E-state index contributed by atoms with van der Waals surface area (Å²) >= 11 is 1.43. The van der Waals surface area contributed by atoms with Gasteiger partial charge in [0.2, 0.25) is 0 Å². The van der Waals surface area contributed by atoms with E-state index in [-0.39, 0.29) is 5.69 Å². The molecule has 0 saturated carbocycles.